The highest BCUT2D eigenvalue weighted by atomic mass is 35.5. The van der Waals surface area contributed by atoms with Crippen LogP contribution in [0.2, 0.25) is 0 Å². The van der Waals surface area contributed by atoms with Crippen LogP contribution in [0, 0.1) is 5.41 Å². The molecule has 0 aromatic carbocycles. The number of hydrogen-bond acceptors (Lipinski definition) is 3. The van der Waals surface area contributed by atoms with Crippen LogP contribution >= 0.6 is 12.4 Å². The molecular weight excluding hydrogens is 264 g/mol. The molecule has 0 bridgehead atoms. The second kappa shape index (κ2) is 8.08. The Morgan fingerprint density at radius 2 is 2.11 bits per heavy atom. The summed E-state index contributed by atoms with van der Waals surface area (Å²) >= 11 is 0. The lowest BCUT2D eigenvalue weighted by molar-refractivity contribution is -0.128. The largest absolute Gasteiger partial charge is 0.385 e. The predicted octanol–water partition coefficient (Wildman–Crippen LogP) is 2.12. The van der Waals surface area contributed by atoms with Gasteiger partial charge < -0.3 is 15.4 Å². The first-order chi connectivity index (χ1) is 8.40. The summed E-state index contributed by atoms with van der Waals surface area (Å²) in [5.74, 6) is 0.132. The Kier molecular flexibility index (Phi) is 7.94. The summed E-state index contributed by atoms with van der Waals surface area (Å²) in [6.07, 6.45) is 4.18. The van der Waals surface area contributed by atoms with Crippen LogP contribution in [-0.2, 0) is 9.53 Å². The molecule has 1 amide bonds. The van der Waals surface area contributed by atoms with Crippen molar-refractivity contribution in [1.29, 1.82) is 0 Å². The van der Waals surface area contributed by atoms with E-state index in [4.69, 9.17) is 4.74 Å². The van der Waals surface area contributed by atoms with Crippen LogP contribution in [0.25, 0.3) is 0 Å². The third-order valence-corrected chi connectivity index (χ3v) is 3.83. The van der Waals surface area contributed by atoms with Gasteiger partial charge in [-0.2, -0.15) is 0 Å². The van der Waals surface area contributed by atoms with Gasteiger partial charge in [0.25, 0.3) is 0 Å². The van der Waals surface area contributed by atoms with Gasteiger partial charge >= 0.3 is 0 Å². The summed E-state index contributed by atoms with van der Waals surface area (Å²) in [6, 6.07) is 0. The van der Waals surface area contributed by atoms with Gasteiger partial charge in [0.05, 0.1) is 5.54 Å². The Bertz CT molecular complexity index is 277. The highest BCUT2D eigenvalue weighted by Crippen LogP contribution is 2.21. The second-order valence-corrected chi connectivity index (χ2v) is 6.31. The number of halogens is 1. The summed E-state index contributed by atoms with van der Waals surface area (Å²) in [4.78, 5) is 12.2. The third-order valence-electron chi connectivity index (χ3n) is 3.83. The number of ether oxygens (including phenoxy) is 1. The van der Waals surface area contributed by atoms with Gasteiger partial charge in [0.1, 0.15) is 0 Å². The van der Waals surface area contributed by atoms with E-state index in [-0.39, 0.29) is 29.3 Å². The molecule has 19 heavy (non-hydrogen) atoms. The molecule has 1 atom stereocenters. The molecule has 0 spiro atoms. The fraction of sp³-hybridized carbons (Fsp3) is 0.929. The van der Waals surface area contributed by atoms with Gasteiger partial charge in [-0.1, -0.05) is 13.8 Å². The quantitative estimate of drug-likeness (QED) is 0.788. The molecule has 1 heterocycles. The maximum atomic E-state index is 12.2. The molecule has 1 rings (SSSR count). The van der Waals surface area contributed by atoms with E-state index in [1.165, 1.54) is 6.42 Å². The second-order valence-electron chi connectivity index (χ2n) is 6.31. The van der Waals surface area contributed by atoms with E-state index in [1.54, 1.807) is 7.11 Å². The van der Waals surface area contributed by atoms with E-state index in [0.717, 1.165) is 32.4 Å². The molecule has 0 saturated carbocycles. The highest BCUT2D eigenvalue weighted by Gasteiger charge is 2.34. The molecule has 1 aliphatic rings. The molecule has 1 fully saturated rings. The lowest BCUT2D eigenvalue weighted by Gasteiger charge is -2.35. The Hall–Kier alpha value is -0.320. The summed E-state index contributed by atoms with van der Waals surface area (Å²) in [5.41, 5.74) is -0.299. The van der Waals surface area contributed by atoms with Crippen LogP contribution in [0.1, 0.15) is 46.5 Å². The third kappa shape index (κ3) is 6.11. The van der Waals surface area contributed by atoms with Crippen LogP contribution in [-0.4, -0.2) is 38.3 Å². The smallest absolute Gasteiger partial charge is 0.240 e. The van der Waals surface area contributed by atoms with Crippen molar-refractivity contribution in [2.75, 3.05) is 26.8 Å². The minimum absolute atomic E-state index is 0. The molecule has 2 N–H and O–H groups in total. The molecular formula is C14H29ClN2O2. The molecule has 1 saturated heterocycles. The maximum absolute atomic E-state index is 12.2. The van der Waals surface area contributed by atoms with Gasteiger partial charge in [-0.3, -0.25) is 4.79 Å². The molecule has 0 radical (unpaired) electrons. The lowest BCUT2D eigenvalue weighted by Crippen LogP contribution is -2.57. The topological polar surface area (TPSA) is 50.4 Å². The average molecular weight is 293 g/mol. The number of nitrogens with one attached hydrogen (secondary N) is 2. The van der Waals surface area contributed by atoms with Gasteiger partial charge in [0.2, 0.25) is 5.91 Å². The zero-order valence-corrected chi connectivity index (χ0v) is 13.5. The van der Waals surface area contributed by atoms with Crippen molar-refractivity contribution in [3.63, 3.8) is 0 Å². The van der Waals surface area contributed by atoms with E-state index in [2.05, 4.69) is 24.5 Å². The number of hydrogen-bond donors (Lipinski definition) is 2. The molecule has 1 aliphatic heterocycles. The predicted molar refractivity (Wildman–Crippen MR) is 80.8 cm³/mol. The number of carbonyl (C=O) groups is 1. The van der Waals surface area contributed by atoms with Gasteiger partial charge in [-0.05, 0) is 44.6 Å². The molecule has 0 aromatic heterocycles. The van der Waals surface area contributed by atoms with Gasteiger partial charge in [0.15, 0.2) is 0 Å². The normalized spacial score (nSPS) is 23.6. The van der Waals surface area contributed by atoms with E-state index in [9.17, 15) is 4.79 Å². The van der Waals surface area contributed by atoms with E-state index >= 15 is 0 Å². The Labute approximate surface area is 123 Å². The summed E-state index contributed by atoms with van der Waals surface area (Å²) < 4.78 is 5.10. The summed E-state index contributed by atoms with van der Waals surface area (Å²) in [7, 11) is 1.71. The van der Waals surface area contributed by atoms with Crippen LogP contribution in [0.15, 0.2) is 0 Å². The zero-order valence-electron chi connectivity index (χ0n) is 12.7. The molecule has 0 aromatic rings. The van der Waals surface area contributed by atoms with Crippen molar-refractivity contribution in [2.45, 2.75) is 52.0 Å². The number of carbonyl (C=O) groups excluding carboxylic acids is 1. The summed E-state index contributed by atoms with van der Waals surface area (Å²) in [5, 5.41) is 6.42. The van der Waals surface area contributed by atoms with Crippen molar-refractivity contribution >= 4 is 18.3 Å². The van der Waals surface area contributed by atoms with Crippen molar-refractivity contribution in [3.8, 4) is 0 Å². The number of methoxy groups -OCH3 is 1. The Morgan fingerprint density at radius 1 is 1.42 bits per heavy atom. The average Bonchev–Trinajstić information content (AvgIpc) is 2.34. The fourth-order valence-electron chi connectivity index (χ4n) is 2.23. The first-order valence-corrected chi connectivity index (χ1v) is 6.92. The number of amides is 1. The van der Waals surface area contributed by atoms with Gasteiger partial charge in [-0.15, -0.1) is 12.4 Å². The van der Waals surface area contributed by atoms with Crippen molar-refractivity contribution in [1.82, 2.24) is 10.6 Å². The van der Waals surface area contributed by atoms with Crippen LogP contribution < -0.4 is 10.6 Å². The minimum Gasteiger partial charge on any atom is -0.385 e. The highest BCUT2D eigenvalue weighted by molar-refractivity contribution is 5.86. The molecule has 0 aliphatic carbocycles. The van der Waals surface area contributed by atoms with Crippen LogP contribution in [0.5, 0.6) is 0 Å². The first-order valence-electron chi connectivity index (χ1n) is 6.92. The van der Waals surface area contributed by atoms with Crippen LogP contribution in [0.4, 0.5) is 0 Å². The van der Waals surface area contributed by atoms with Gasteiger partial charge in [-0.25, -0.2) is 0 Å². The SMILES string of the molecule is COCCC(C)(C)CNC(=O)C1(C)CCCCN1.Cl. The Balaban J connectivity index is 0.00000324. The standard InChI is InChI=1S/C14H28N2O2.ClH/c1-13(2,8-10-18-4)11-15-12(17)14(3)7-5-6-9-16-14;/h16H,5-11H2,1-4H3,(H,15,17);1H. The summed E-state index contributed by atoms with van der Waals surface area (Å²) in [6.45, 7) is 8.69. The van der Waals surface area contributed by atoms with E-state index in [0.29, 0.717) is 6.54 Å². The number of piperidine rings is 1. The zero-order chi connectivity index (χ0) is 13.6. The van der Waals surface area contributed by atoms with Gasteiger partial charge in [0, 0.05) is 20.3 Å². The van der Waals surface area contributed by atoms with E-state index in [1.807, 2.05) is 6.92 Å². The molecule has 1 unspecified atom stereocenters. The van der Waals surface area contributed by atoms with Crippen LogP contribution in [0.3, 0.4) is 0 Å². The number of rotatable bonds is 6. The monoisotopic (exact) mass is 292 g/mol. The first kappa shape index (κ1) is 18.7. The van der Waals surface area contributed by atoms with Crippen molar-refractivity contribution < 1.29 is 9.53 Å². The Morgan fingerprint density at radius 3 is 2.63 bits per heavy atom. The van der Waals surface area contributed by atoms with Crippen molar-refractivity contribution in [3.05, 3.63) is 0 Å². The molecule has 5 heteroatoms. The maximum Gasteiger partial charge on any atom is 0.240 e. The molecule has 4 nitrogen and oxygen atoms in total. The molecule has 114 valence electrons. The minimum atomic E-state index is -0.379. The fourth-order valence-corrected chi connectivity index (χ4v) is 2.23. The lowest BCUT2D eigenvalue weighted by atomic mass is 9.87. The van der Waals surface area contributed by atoms with E-state index < -0.39 is 0 Å². The van der Waals surface area contributed by atoms with Crippen molar-refractivity contribution in [2.24, 2.45) is 5.41 Å².